The van der Waals surface area contributed by atoms with Crippen molar-refractivity contribution in [1.82, 2.24) is 29.3 Å². The molecule has 1 atom stereocenters. The summed E-state index contributed by atoms with van der Waals surface area (Å²) >= 11 is 0. The lowest BCUT2D eigenvalue weighted by Gasteiger charge is -2.25. The molecule has 5 heterocycles. The largest absolute Gasteiger partial charge is 0.475 e. The standard InChI is InChI=1S/C22H21N7O2/c30-21-3-2-17-14-31-20-4-8-29-22(26-20)19(13-25-29)15-10-16(23-6-9-27(17)21)12-18(11-15)28-7-1-5-24-28/h1,4-5,7-8,10-13,17,23H,2-3,6,9,14H2/t17-/m0/s1. The molecule has 3 aromatic heterocycles. The maximum Gasteiger partial charge on any atom is 0.223 e. The van der Waals surface area contributed by atoms with Gasteiger partial charge in [-0.05, 0) is 36.2 Å². The van der Waals surface area contributed by atoms with Crippen molar-refractivity contribution >= 4 is 17.2 Å². The van der Waals surface area contributed by atoms with Gasteiger partial charge in [-0.3, -0.25) is 4.79 Å². The fourth-order valence-electron chi connectivity index (χ4n) is 4.33. The summed E-state index contributed by atoms with van der Waals surface area (Å²) in [5.74, 6) is 0.710. The number of ether oxygens (including phenoxy) is 1. The van der Waals surface area contributed by atoms with E-state index in [0.29, 0.717) is 32.0 Å². The van der Waals surface area contributed by atoms with Crippen LogP contribution in [0.5, 0.6) is 5.88 Å². The number of hydrogen-bond acceptors (Lipinski definition) is 6. The number of carbonyl (C=O) groups is 1. The Morgan fingerprint density at radius 2 is 2.13 bits per heavy atom. The van der Waals surface area contributed by atoms with E-state index in [9.17, 15) is 4.79 Å². The van der Waals surface area contributed by atoms with Gasteiger partial charge in [0.05, 0.1) is 17.9 Å². The molecule has 0 aliphatic carbocycles. The van der Waals surface area contributed by atoms with Crippen LogP contribution in [0.1, 0.15) is 12.8 Å². The molecule has 0 saturated carbocycles. The average molecular weight is 415 g/mol. The minimum atomic E-state index is 0.0608. The smallest absolute Gasteiger partial charge is 0.223 e. The summed E-state index contributed by atoms with van der Waals surface area (Å²) in [5, 5.41) is 12.3. The van der Waals surface area contributed by atoms with Crippen LogP contribution in [0, 0.1) is 0 Å². The lowest BCUT2D eigenvalue weighted by Crippen LogP contribution is -2.40. The third kappa shape index (κ3) is 3.18. The number of nitrogens with one attached hydrogen (secondary N) is 1. The molecule has 0 radical (unpaired) electrons. The first kappa shape index (κ1) is 17.9. The Kier molecular flexibility index (Phi) is 4.12. The van der Waals surface area contributed by atoms with Gasteiger partial charge in [-0.1, -0.05) is 0 Å². The number of anilines is 1. The van der Waals surface area contributed by atoms with Gasteiger partial charge in [-0.15, -0.1) is 0 Å². The Hall–Kier alpha value is -3.88. The third-order valence-electron chi connectivity index (χ3n) is 5.90. The molecule has 0 unspecified atom stereocenters. The lowest BCUT2D eigenvalue weighted by atomic mass is 10.1. The van der Waals surface area contributed by atoms with Gasteiger partial charge in [0.2, 0.25) is 11.8 Å². The molecular weight excluding hydrogens is 394 g/mol. The molecule has 9 heteroatoms. The van der Waals surface area contributed by atoms with Crippen LogP contribution < -0.4 is 10.1 Å². The van der Waals surface area contributed by atoms with Crippen molar-refractivity contribution in [3.63, 3.8) is 0 Å². The van der Waals surface area contributed by atoms with Crippen LogP contribution in [-0.4, -0.2) is 60.9 Å². The monoisotopic (exact) mass is 415 g/mol. The summed E-state index contributed by atoms with van der Waals surface area (Å²) < 4.78 is 9.57. The van der Waals surface area contributed by atoms with E-state index >= 15 is 0 Å². The normalized spacial score (nSPS) is 18.5. The third-order valence-corrected chi connectivity index (χ3v) is 5.90. The van der Waals surface area contributed by atoms with E-state index in [2.05, 4.69) is 33.7 Å². The second kappa shape index (κ2) is 7.12. The Morgan fingerprint density at radius 3 is 3.03 bits per heavy atom. The maximum atomic E-state index is 12.4. The number of rotatable bonds is 1. The van der Waals surface area contributed by atoms with Gasteiger partial charge in [0.1, 0.15) is 6.61 Å². The molecule has 31 heavy (non-hydrogen) atoms. The van der Waals surface area contributed by atoms with Crippen molar-refractivity contribution in [3.8, 4) is 22.7 Å². The molecule has 1 amide bonds. The predicted octanol–water partition coefficient (Wildman–Crippen LogP) is 2.38. The van der Waals surface area contributed by atoms with Gasteiger partial charge >= 0.3 is 0 Å². The lowest BCUT2D eigenvalue weighted by molar-refractivity contribution is -0.129. The number of hydrogen-bond donors (Lipinski definition) is 1. The molecule has 1 aromatic carbocycles. The van der Waals surface area contributed by atoms with Crippen molar-refractivity contribution in [3.05, 3.63) is 55.1 Å². The van der Waals surface area contributed by atoms with Gasteiger partial charge in [0.25, 0.3) is 0 Å². The molecule has 156 valence electrons. The van der Waals surface area contributed by atoms with Crippen LogP contribution in [0.3, 0.4) is 0 Å². The van der Waals surface area contributed by atoms with E-state index in [1.54, 1.807) is 10.7 Å². The van der Waals surface area contributed by atoms with Gasteiger partial charge in [0, 0.05) is 55.4 Å². The topological polar surface area (TPSA) is 89.6 Å². The predicted molar refractivity (Wildman–Crippen MR) is 114 cm³/mol. The highest BCUT2D eigenvalue weighted by atomic mass is 16.5. The fraction of sp³-hybridized carbons (Fsp3) is 0.273. The molecule has 1 fully saturated rings. The first-order valence-electron chi connectivity index (χ1n) is 10.4. The Balaban J connectivity index is 1.49. The van der Waals surface area contributed by atoms with Crippen LogP contribution in [0.4, 0.5) is 5.69 Å². The first-order chi connectivity index (χ1) is 15.2. The van der Waals surface area contributed by atoms with Gasteiger partial charge in [-0.2, -0.15) is 15.2 Å². The van der Waals surface area contributed by atoms with E-state index in [0.717, 1.165) is 34.6 Å². The zero-order valence-electron chi connectivity index (χ0n) is 16.8. The van der Waals surface area contributed by atoms with Crippen molar-refractivity contribution in [1.29, 1.82) is 0 Å². The summed E-state index contributed by atoms with van der Waals surface area (Å²) in [7, 11) is 0. The zero-order chi connectivity index (χ0) is 20.8. The molecule has 1 saturated heterocycles. The highest BCUT2D eigenvalue weighted by Crippen LogP contribution is 2.30. The Labute approximate surface area is 178 Å². The van der Waals surface area contributed by atoms with Crippen molar-refractivity contribution < 1.29 is 9.53 Å². The van der Waals surface area contributed by atoms with Crippen LogP contribution >= 0.6 is 0 Å². The summed E-state index contributed by atoms with van der Waals surface area (Å²) in [6.45, 7) is 1.71. The number of fused-ring (bicyclic) bond motifs is 5. The Morgan fingerprint density at radius 1 is 1.16 bits per heavy atom. The van der Waals surface area contributed by atoms with Gasteiger partial charge in [-0.25, -0.2) is 9.20 Å². The molecule has 0 spiro atoms. The molecule has 2 aliphatic rings. The van der Waals surface area contributed by atoms with Crippen molar-refractivity contribution in [2.75, 3.05) is 25.0 Å². The van der Waals surface area contributed by atoms with Crippen LogP contribution in [-0.2, 0) is 4.79 Å². The minimum absolute atomic E-state index is 0.0608. The van der Waals surface area contributed by atoms with E-state index < -0.39 is 0 Å². The number of benzene rings is 1. The summed E-state index contributed by atoms with van der Waals surface area (Å²) in [5.41, 5.74) is 4.49. The average Bonchev–Trinajstić information content (AvgIpc) is 3.52. The molecule has 2 aliphatic heterocycles. The number of carbonyl (C=O) groups excluding carboxylic acids is 1. The fourth-order valence-corrected chi connectivity index (χ4v) is 4.33. The quantitative estimate of drug-likeness (QED) is 0.513. The second-order valence-corrected chi connectivity index (χ2v) is 7.83. The minimum Gasteiger partial charge on any atom is -0.475 e. The number of nitrogens with zero attached hydrogens (tertiary/aromatic N) is 6. The molecule has 4 bridgehead atoms. The van der Waals surface area contributed by atoms with Crippen LogP contribution in [0.25, 0.3) is 22.5 Å². The highest BCUT2D eigenvalue weighted by Gasteiger charge is 2.31. The van der Waals surface area contributed by atoms with Crippen LogP contribution in [0.15, 0.2) is 55.1 Å². The molecular formula is C22H21N7O2. The number of aromatic nitrogens is 5. The van der Waals surface area contributed by atoms with E-state index in [1.165, 1.54) is 0 Å². The zero-order valence-corrected chi connectivity index (χ0v) is 16.8. The molecule has 9 nitrogen and oxygen atoms in total. The highest BCUT2D eigenvalue weighted by molar-refractivity contribution is 5.81. The van der Waals surface area contributed by atoms with E-state index in [4.69, 9.17) is 9.72 Å². The van der Waals surface area contributed by atoms with Crippen LogP contribution in [0.2, 0.25) is 0 Å². The molecule has 1 N–H and O–H groups in total. The van der Waals surface area contributed by atoms with Crippen molar-refractivity contribution in [2.24, 2.45) is 0 Å². The molecule has 6 rings (SSSR count). The number of amides is 1. The summed E-state index contributed by atoms with van der Waals surface area (Å²) in [6, 6.07) is 9.96. The van der Waals surface area contributed by atoms with Gasteiger partial charge < -0.3 is 15.0 Å². The first-order valence-corrected chi connectivity index (χ1v) is 10.4. The SMILES string of the molecule is O=C1CC[C@H]2COc3ccn4ncc(c4n3)-c3cc(cc(-n4cccn4)c3)NCCN12. The summed E-state index contributed by atoms with van der Waals surface area (Å²) in [6.07, 6.45) is 8.70. The van der Waals surface area contributed by atoms with E-state index in [-0.39, 0.29) is 11.9 Å². The summed E-state index contributed by atoms with van der Waals surface area (Å²) in [4.78, 5) is 19.0. The second-order valence-electron chi connectivity index (χ2n) is 7.83. The molecule has 4 aromatic rings. The van der Waals surface area contributed by atoms with Crippen molar-refractivity contribution in [2.45, 2.75) is 18.9 Å². The van der Waals surface area contributed by atoms with Gasteiger partial charge in [0.15, 0.2) is 5.65 Å². The van der Waals surface area contributed by atoms with E-state index in [1.807, 2.05) is 40.3 Å². The maximum absolute atomic E-state index is 12.4. The Bertz CT molecular complexity index is 1260.